The van der Waals surface area contributed by atoms with Crippen molar-refractivity contribution >= 4 is 11.9 Å². The third-order valence-corrected chi connectivity index (χ3v) is 5.03. The summed E-state index contributed by atoms with van der Waals surface area (Å²) < 4.78 is 5.45. The summed E-state index contributed by atoms with van der Waals surface area (Å²) in [6, 6.07) is 8.69. The minimum absolute atomic E-state index is 0.0681. The Morgan fingerprint density at radius 1 is 1.17 bits per heavy atom. The first-order valence-electron chi connectivity index (χ1n) is 10.8. The second-order valence-corrected chi connectivity index (χ2v) is 7.41. The summed E-state index contributed by atoms with van der Waals surface area (Å²) in [5.74, 6) is 0.809. The number of guanidine groups is 1. The zero-order valence-electron chi connectivity index (χ0n) is 18.2. The maximum Gasteiger partial charge on any atom is 0.221 e. The van der Waals surface area contributed by atoms with Gasteiger partial charge in [-0.15, -0.1) is 0 Å². The third kappa shape index (κ3) is 8.83. The van der Waals surface area contributed by atoms with Crippen LogP contribution in [-0.2, 0) is 22.6 Å². The Balaban J connectivity index is 1.89. The fourth-order valence-corrected chi connectivity index (χ4v) is 3.12. The SMILES string of the molecule is CCNC(=NCc1ccccc1CN1CCOCC1)NCCC(=O)NC(C)CC. The first-order valence-corrected chi connectivity index (χ1v) is 10.8. The van der Waals surface area contributed by atoms with Gasteiger partial charge in [-0.3, -0.25) is 9.69 Å². The van der Waals surface area contributed by atoms with Gasteiger partial charge in [0.1, 0.15) is 0 Å². The summed E-state index contributed by atoms with van der Waals surface area (Å²) in [7, 11) is 0. The van der Waals surface area contributed by atoms with Gasteiger partial charge in [-0.2, -0.15) is 0 Å². The van der Waals surface area contributed by atoms with Crippen molar-refractivity contribution in [3.63, 3.8) is 0 Å². The van der Waals surface area contributed by atoms with Crippen LogP contribution in [0.15, 0.2) is 29.3 Å². The average Bonchev–Trinajstić information content (AvgIpc) is 2.73. The standard InChI is InChI=1S/C22H37N5O2/c1-4-18(3)26-21(28)10-11-24-22(23-5-2)25-16-19-8-6-7-9-20(19)17-27-12-14-29-15-13-27/h6-9,18H,4-5,10-17H2,1-3H3,(H,26,28)(H2,23,24,25). The number of aliphatic imine (C=N–C) groups is 1. The minimum Gasteiger partial charge on any atom is -0.379 e. The number of rotatable bonds is 10. The molecule has 1 aliphatic rings. The number of carbonyl (C=O) groups is 1. The molecule has 3 N–H and O–H groups in total. The van der Waals surface area contributed by atoms with Crippen molar-refractivity contribution in [3.8, 4) is 0 Å². The molecule has 1 fully saturated rings. The molecule has 162 valence electrons. The van der Waals surface area contributed by atoms with Crippen LogP contribution in [0.1, 0.15) is 44.7 Å². The highest BCUT2D eigenvalue weighted by molar-refractivity contribution is 5.81. The van der Waals surface area contributed by atoms with Crippen LogP contribution in [0.5, 0.6) is 0 Å². The highest BCUT2D eigenvalue weighted by atomic mass is 16.5. The van der Waals surface area contributed by atoms with Crippen LogP contribution in [0.2, 0.25) is 0 Å². The fourth-order valence-electron chi connectivity index (χ4n) is 3.12. The lowest BCUT2D eigenvalue weighted by molar-refractivity contribution is -0.121. The van der Waals surface area contributed by atoms with Crippen LogP contribution >= 0.6 is 0 Å². The van der Waals surface area contributed by atoms with Crippen LogP contribution in [0, 0.1) is 0 Å². The predicted molar refractivity (Wildman–Crippen MR) is 118 cm³/mol. The molecular weight excluding hydrogens is 366 g/mol. The number of nitrogens with one attached hydrogen (secondary N) is 3. The van der Waals surface area contributed by atoms with Gasteiger partial charge in [0.2, 0.25) is 5.91 Å². The van der Waals surface area contributed by atoms with Gasteiger partial charge in [-0.1, -0.05) is 31.2 Å². The number of benzene rings is 1. The Labute approximate surface area is 175 Å². The highest BCUT2D eigenvalue weighted by Gasteiger charge is 2.12. The summed E-state index contributed by atoms with van der Waals surface area (Å²) in [6.07, 6.45) is 1.37. The van der Waals surface area contributed by atoms with Crippen LogP contribution < -0.4 is 16.0 Å². The number of carbonyl (C=O) groups excluding carboxylic acids is 1. The number of hydrogen-bond donors (Lipinski definition) is 3. The molecule has 0 spiro atoms. The van der Waals surface area contributed by atoms with Gasteiger partial charge in [0.25, 0.3) is 0 Å². The first-order chi connectivity index (χ1) is 14.1. The van der Waals surface area contributed by atoms with E-state index in [0.717, 1.165) is 51.8 Å². The lowest BCUT2D eigenvalue weighted by atomic mass is 10.1. The van der Waals surface area contributed by atoms with Crippen molar-refractivity contribution in [1.29, 1.82) is 0 Å². The zero-order chi connectivity index (χ0) is 20.9. The fraction of sp³-hybridized carbons (Fsp3) is 0.636. The summed E-state index contributed by atoms with van der Waals surface area (Å²) in [6.45, 7) is 12.5. The highest BCUT2D eigenvalue weighted by Crippen LogP contribution is 2.14. The Bertz CT molecular complexity index is 644. The van der Waals surface area contributed by atoms with Gasteiger partial charge in [-0.05, 0) is 31.4 Å². The molecule has 1 unspecified atom stereocenters. The number of hydrogen-bond acceptors (Lipinski definition) is 4. The predicted octanol–water partition coefficient (Wildman–Crippen LogP) is 1.88. The largest absolute Gasteiger partial charge is 0.379 e. The van der Waals surface area contributed by atoms with Gasteiger partial charge < -0.3 is 20.7 Å². The van der Waals surface area contributed by atoms with Crippen LogP contribution in [-0.4, -0.2) is 62.2 Å². The molecule has 1 aliphatic heterocycles. The summed E-state index contributed by atoms with van der Waals surface area (Å²) >= 11 is 0. The van der Waals surface area contributed by atoms with Gasteiger partial charge in [0.05, 0.1) is 19.8 Å². The smallest absolute Gasteiger partial charge is 0.221 e. The normalized spacial score (nSPS) is 16.3. The van der Waals surface area contributed by atoms with E-state index >= 15 is 0 Å². The van der Waals surface area contributed by atoms with Crippen molar-refractivity contribution in [2.45, 2.75) is 52.7 Å². The quantitative estimate of drug-likeness (QED) is 0.411. The van der Waals surface area contributed by atoms with Crippen molar-refractivity contribution in [3.05, 3.63) is 35.4 Å². The van der Waals surface area contributed by atoms with Crippen molar-refractivity contribution in [1.82, 2.24) is 20.9 Å². The molecule has 0 saturated carbocycles. The van der Waals surface area contributed by atoms with Crippen LogP contribution in [0.25, 0.3) is 0 Å². The molecule has 0 bridgehead atoms. The molecule has 1 heterocycles. The van der Waals surface area contributed by atoms with E-state index in [9.17, 15) is 4.79 Å². The van der Waals surface area contributed by atoms with E-state index in [0.29, 0.717) is 19.5 Å². The number of ether oxygens (including phenoxy) is 1. The van der Waals surface area contributed by atoms with E-state index in [1.165, 1.54) is 11.1 Å². The maximum absolute atomic E-state index is 11.9. The van der Waals surface area contributed by atoms with E-state index in [1.807, 2.05) is 13.8 Å². The summed E-state index contributed by atoms with van der Waals surface area (Å²) in [4.78, 5) is 19.1. The van der Waals surface area contributed by atoms with Crippen LogP contribution in [0.3, 0.4) is 0 Å². The summed E-state index contributed by atoms with van der Waals surface area (Å²) in [5, 5.41) is 9.51. The molecule has 1 aromatic carbocycles. The molecule has 1 aromatic rings. The second-order valence-electron chi connectivity index (χ2n) is 7.41. The molecule has 0 radical (unpaired) electrons. The molecule has 29 heavy (non-hydrogen) atoms. The van der Waals surface area contributed by atoms with Gasteiger partial charge in [0, 0.05) is 45.2 Å². The molecule has 7 nitrogen and oxygen atoms in total. The zero-order valence-corrected chi connectivity index (χ0v) is 18.2. The maximum atomic E-state index is 11.9. The Hall–Kier alpha value is -2.12. The number of amides is 1. The van der Waals surface area contributed by atoms with E-state index in [2.05, 4.69) is 52.0 Å². The van der Waals surface area contributed by atoms with Crippen molar-refractivity contribution in [2.75, 3.05) is 39.4 Å². The molecule has 0 aromatic heterocycles. The molecule has 1 atom stereocenters. The number of nitrogens with zero attached hydrogens (tertiary/aromatic N) is 2. The molecule has 1 amide bonds. The van der Waals surface area contributed by atoms with Gasteiger partial charge in [0.15, 0.2) is 5.96 Å². The Morgan fingerprint density at radius 3 is 2.59 bits per heavy atom. The molecule has 7 heteroatoms. The molecule has 2 rings (SSSR count). The van der Waals surface area contributed by atoms with Crippen molar-refractivity contribution < 1.29 is 9.53 Å². The van der Waals surface area contributed by atoms with Gasteiger partial charge >= 0.3 is 0 Å². The van der Waals surface area contributed by atoms with E-state index in [-0.39, 0.29) is 11.9 Å². The topological polar surface area (TPSA) is 78.0 Å². The third-order valence-electron chi connectivity index (χ3n) is 5.03. The van der Waals surface area contributed by atoms with Gasteiger partial charge in [-0.25, -0.2) is 4.99 Å². The molecular formula is C22H37N5O2. The van der Waals surface area contributed by atoms with Crippen LogP contribution in [0.4, 0.5) is 0 Å². The monoisotopic (exact) mass is 403 g/mol. The minimum atomic E-state index is 0.0681. The Kier molecular flexibility index (Phi) is 10.5. The number of morpholine rings is 1. The first kappa shape index (κ1) is 23.2. The van der Waals surface area contributed by atoms with E-state index in [1.54, 1.807) is 0 Å². The molecule has 1 saturated heterocycles. The lowest BCUT2D eigenvalue weighted by Crippen LogP contribution is -2.40. The molecule has 0 aliphatic carbocycles. The second kappa shape index (κ2) is 13.2. The lowest BCUT2D eigenvalue weighted by Gasteiger charge is -2.27. The van der Waals surface area contributed by atoms with E-state index < -0.39 is 0 Å². The Morgan fingerprint density at radius 2 is 1.90 bits per heavy atom. The average molecular weight is 404 g/mol. The summed E-state index contributed by atoms with van der Waals surface area (Å²) in [5.41, 5.74) is 2.53. The van der Waals surface area contributed by atoms with E-state index in [4.69, 9.17) is 9.73 Å². The van der Waals surface area contributed by atoms with Crippen molar-refractivity contribution in [2.24, 2.45) is 4.99 Å².